The molecular formula is C27H35FN4O5S. The largest absolute Gasteiger partial charge is 0.508 e. The second-order valence-electron chi connectivity index (χ2n) is 11.4. The Morgan fingerprint density at radius 3 is 2.47 bits per heavy atom. The second-order valence-corrected chi connectivity index (χ2v) is 12.3. The van der Waals surface area contributed by atoms with Gasteiger partial charge in [0.1, 0.15) is 17.8 Å². The molecule has 2 aromatic rings. The van der Waals surface area contributed by atoms with Crippen molar-refractivity contribution in [3.8, 4) is 16.2 Å². The van der Waals surface area contributed by atoms with E-state index in [0.29, 0.717) is 5.56 Å². The minimum Gasteiger partial charge on any atom is -0.508 e. The Labute approximate surface area is 225 Å². The molecule has 2 aliphatic rings. The Hall–Kier alpha value is -3.05. The number of hydrogen-bond donors (Lipinski definition) is 4. The fourth-order valence-corrected chi connectivity index (χ4v) is 5.54. The zero-order valence-corrected chi connectivity index (χ0v) is 23.1. The topological polar surface area (TPSA) is 132 Å². The number of aromatic nitrogens is 1. The van der Waals surface area contributed by atoms with Gasteiger partial charge >= 0.3 is 0 Å². The first-order valence-electron chi connectivity index (χ1n) is 12.7. The number of nitrogens with one attached hydrogen (secondary N) is 2. The lowest BCUT2D eigenvalue weighted by Crippen LogP contribution is -2.59. The molecule has 1 aromatic heterocycles. The highest BCUT2D eigenvalue weighted by atomic mass is 32.1. The lowest BCUT2D eigenvalue weighted by atomic mass is 9.85. The van der Waals surface area contributed by atoms with E-state index in [-0.39, 0.29) is 31.6 Å². The van der Waals surface area contributed by atoms with Crippen molar-refractivity contribution in [3.05, 3.63) is 35.0 Å². The number of aliphatic hydroxyl groups is 1. The van der Waals surface area contributed by atoms with E-state index in [1.54, 1.807) is 45.3 Å². The molecule has 3 amide bonds. The first-order valence-corrected chi connectivity index (χ1v) is 13.6. The van der Waals surface area contributed by atoms with Gasteiger partial charge in [-0.3, -0.25) is 14.4 Å². The number of carbonyl (C=O) groups excluding carboxylic acids is 3. The van der Waals surface area contributed by atoms with E-state index >= 15 is 0 Å². The second kappa shape index (κ2) is 10.3. The number of likely N-dealkylation sites (tertiary alicyclic amines) is 1. The van der Waals surface area contributed by atoms with Gasteiger partial charge in [0.25, 0.3) is 5.91 Å². The number of aliphatic hydroxyl groups excluding tert-OH is 1. The molecule has 4 rings (SSSR count). The molecule has 11 heteroatoms. The number of benzene rings is 1. The summed E-state index contributed by atoms with van der Waals surface area (Å²) >= 11 is 1.47. The van der Waals surface area contributed by atoms with Gasteiger partial charge in [-0.25, -0.2) is 9.37 Å². The summed E-state index contributed by atoms with van der Waals surface area (Å²) in [6, 6.07) is 2.56. The van der Waals surface area contributed by atoms with Crippen LogP contribution in [0.2, 0.25) is 0 Å². The highest BCUT2D eigenvalue weighted by Crippen LogP contribution is 2.40. The van der Waals surface area contributed by atoms with Gasteiger partial charge in [-0.1, -0.05) is 32.9 Å². The highest BCUT2D eigenvalue weighted by molar-refractivity contribution is 7.13. The minimum absolute atomic E-state index is 0.0122. The van der Waals surface area contributed by atoms with Gasteiger partial charge in [-0.2, -0.15) is 0 Å². The zero-order chi connectivity index (χ0) is 28.0. The SMILES string of the molecule is Cc1ncsc1-c1ccc([C@H](C)NC(=O)C2C[C@@H](O)CN2C(=O)[C@@H](NC(=O)C2(F)CC2)C(C)(C)C)c(O)c1. The van der Waals surface area contributed by atoms with E-state index in [1.807, 2.05) is 13.0 Å². The van der Waals surface area contributed by atoms with Crippen LogP contribution in [0.15, 0.2) is 23.7 Å². The summed E-state index contributed by atoms with van der Waals surface area (Å²) in [5.74, 6) is -1.86. The van der Waals surface area contributed by atoms with Crippen molar-refractivity contribution in [2.24, 2.45) is 5.41 Å². The molecule has 1 aliphatic carbocycles. The Bertz CT molecular complexity index is 1240. The molecule has 0 spiro atoms. The van der Waals surface area contributed by atoms with Crippen LogP contribution in [0.25, 0.3) is 10.4 Å². The van der Waals surface area contributed by atoms with E-state index in [0.717, 1.165) is 16.1 Å². The average Bonchev–Trinajstić information content (AvgIpc) is 3.24. The smallest absolute Gasteiger partial charge is 0.258 e. The highest BCUT2D eigenvalue weighted by Gasteiger charge is 2.53. The summed E-state index contributed by atoms with van der Waals surface area (Å²) in [6.45, 7) is 8.77. The van der Waals surface area contributed by atoms with Crippen LogP contribution in [0.4, 0.5) is 4.39 Å². The van der Waals surface area contributed by atoms with Gasteiger partial charge in [-0.05, 0) is 43.7 Å². The van der Waals surface area contributed by atoms with E-state index in [2.05, 4.69) is 15.6 Å². The summed E-state index contributed by atoms with van der Waals surface area (Å²) in [5.41, 5.74) is 1.20. The number of amides is 3. The van der Waals surface area contributed by atoms with Crippen LogP contribution >= 0.6 is 11.3 Å². The van der Waals surface area contributed by atoms with Crippen LogP contribution in [0.3, 0.4) is 0 Å². The predicted octanol–water partition coefficient (Wildman–Crippen LogP) is 3.00. The Balaban J connectivity index is 1.49. The van der Waals surface area contributed by atoms with Crippen LogP contribution in [0, 0.1) is 12.3 Å². The molecular weight excluding hydrogens is 511 g/mol. The Morgan fingerprint density at radius 2 is 1.92 bits per heavy atom. The van der Waals surface area contributed by atoms with Crippen LogP contribution in [0.1, 0.15) is 64.3 Å². The van der Waals surface area contributed by atoms with Crippen molar-refractivity contribution in [2.45, 2.75) is 83.8 Å². The average molecular weight is 547 g/mol. The van der Waals surface area contributed by atoms with E-state index in [9.17, 15) is 29.0 Å². The van der Waals surface area contributed by atoms with E-state index in [1.165, 1.54) is 16.2 Å². The number of alkyl halides is 1. The number of β-amino-alcohol motifs (C(OH)–C–C–N with tert-alkyl or cyclic N) is 1. The Kier molecular flexibility index (Phi) is 7.55. The van der Waals surface area contributed by atoms with Crippen molar-refractivity contribution in [1.29, 1.82) is 0 Å². The van der Waals surface area contributed by atoms with Gasteiger partial charge < -0.3 is 25.7 Å². The molecule has 4 atom stereocenters. The predicted molar refractivity (Wildman–Crippen MR) is 141 cm³/mol. The molecule has 4 N–H and O–H groups in total. The summed E-state index contributed by atoms with van der Waals surface area (Å²) in [6.07, 6.45) is -0.662. The maximum absolute atomic E-state index is 14.3. The summed E-state index contributed by atoms with van der Waals surface area (Å²) < 4.78 is 14.3. The Morgan fingerprint density at radius 1 is 1.24 bits per heavy atom. The molecule has 0 bridgehead atoms. The standard InChI is InChI=1S/C27H35FN4O5S/c1-14(18-7-6-16(10-20(18)34)21-15(2)29-13-38-21)30-23(35)19-11-17(33)12-32(19)24(36)22(26(3,4)5)31-25(37)27(28)8-9-27/h6-7,10,13-14,17,19,22,33-34H,8-9,11-12H2,1-5H3,(H,30,35)(H,31,37)/t14-,17+,19?,22+/m0/s1. The third kappa shape index (κ3) is 5.68. The lowest BCUT2D eigenvalue weighted by molar-refractivity contribution is -0.145. The van der Waals surface area contributed by atoms with E-state index < -0.39 is 53.0 Å². The quantitative estimate of drug-likeness (QED) is 0.422. The van der Waals surface area contributed by atoms with Crippen LogP contribution < -0.4 is 10.6 Å². The number of hydrogen-bond acceptors (Lipinski definition) is 7. The number of thiazole rings is 1. The van der Waals surface area contributed by atoms with Crippen molar-refractivity contribution in [3.63, 3.8) is 0 Å². The van der Waals surface area contributed by atoms with Crippen molar-refractivity contribution < 1.29 is 29.0 Å². The number of aromatic hydroxyl groups is 1. The van der Waals surface area contributed by atoms with E-state index in [4.69, 9.17) is 0 Å². The molecule has 1 saturated carbocycles. The molecule has 1 saturated heterocycles. The molecule has 38 heavy (non-hydrogen) atoms. The maximum Gasteiger partial charge on any atom is 0.258 e. The van der Waals surface area contributed by atoms with Gasteiger partial charge in [-0.15, -0.1) is 11.3 Å². The van der Waals surface area contributed by atoms with Crippen molar-refractivity contribution in [1.82, 2.24) is 20.5 Å². The van der Waals surface area contributed by atoms with Crippen LogP contribution in [0.5, 0.6) is 5.75 Å². The number of carbonyl (C=O) groups is 3. The molecule has 0 radical (unpaired) electrons. The van der Waals surface area contributed by atoms with Gasteiger partial charge in [0.15, 0.2) is 5.67 Å². The third-order valence-electron chi connectivity index (χ3n) is 7.21. The first-order chi connectivity index (χ1) is 17.7. The number of halogens is 1. The number of nitrogens with zero attached hydrogens (tertiary/aromatic N) is 2. The fraction of sp³-hybridized carbons (Fsp3) is 0.556. The molecule has 1 aliphatic heterocycles. The molecule has 206 valence electrons. The van der Waals surface area contributed by atoms with Crippen LogP contribution in [-0.4, -0.2) is 68.2 Å². The number of rotatable bonds is 7. The van der Waals surface area contributed by atoms with Crippen LogP contribution in [-0.2, 0) is 14.4 Å². The van der Waals surface area contributed by atoms with Crippen molar-refractivity contribution in [2.75, 3.05) is 6.54 Å². The van der Waals surface area contributed by atoms with Gasteiger partial charge in [0.05, 0.1) is 28.2 Å². The normalized spacial score (nSPS) is 22.0. The molecule has 2 heterocycles. The minimum atomic E-state index is -1.95. The van der Waals surface area contributed by atoms with Gasteiger partial charge in [0, 0.05) is 18.5 Å². The third-order valence-corrected chi connectivity index (χ3v) is 8.19. The van der Waals surface area contributed by atoms with Crippen molar-refractivity contribution >= 4 is 29.1 Å². The molecule has 1 aromatic carbocycles. The fourth-order valence-electron chi connectivity index (χ4n) is 4.74. The lowest BCUT2D eigenvalue weighted by Gasteiger charge is -2.35. The number of aryl methyl sites for hydroxylation is 1. The zero-order valence-electron chi connectivity index (χ0n) is 22.2. The summed E-state index contributed by atoms with van der Waals surface area (Å²) in [5, 5.41) is 26.4. The maximum atomic E-state index is 14.3. The summed E-state index contributed by atoms with van der Waals surface area (Å²) in [4.78, 5) is 45.7. The summed E-state index contributed by atoms with van der Waals surface area (Å²) in [7, 11) is 0. The monoisotopic (exact) mass is 546 g/mol. The van der Waals surface area contributed by atoms with Gasteiger partial charge in [0.2, 0.25) is 11.8 Å². The number of phenols is 1. The molecule has 9 nitrogen and oxygen atoms in total. The molecule has 1 unspecified atom stereocenters. The molecule has 2 fully saturated rings. The first kappa shape index (κ1) is 28.0. The number of phenolic OH excluding ortho intramolecular Hbond substituents is 1.